The van der Waals surface area contributed by atoms with Crippen LogP contribution in [0.25, 0.3) is 0 Å². The van der Waals surface area contributed by atoms with Gasteiger partial charge in [-0.2, -0.15) is 0 Å². The summed E-state index contributed by atoms with van der Waals surface area (Å²) in [5.74, 6) is -2.47. The molecule has 0 aliphatic carbocycles. The van der Waals surface area contributed by atoms with Crippen molar-refractivity contribution >= 4 is 41.1 Å². The zero-order valence-corrected chi connectivity index (χ0v) is 19.2. The number of rotatable bonds is 8. The smallest absolute Gasteiger partial charge is 0.330 e. The molecule has 3 amide bonds. The van der Waals surface area contributed by atoms with Crippen LogP contribution in [0, 0.1) is 0 Å². The van der Waals surface area contributed by atoms with Crippen molar-refractivity contribution in [3.8, 4) is 0 Å². The van der Waals surface area contributed by atoms with E-state index >= 15 is 0 Å². The van der Waals surface area contributed by atoms with E-state index in [-0.39, 0.29) is 17.5 Å². The van der Waals surface area contributed by atoms with Gasteiger partial charge in [-0.25, -0.2) is 4.79 Å². The molecule has 0 aromatic heterocycles. The van der Waals surface area contributed by atoms with Crippen LogP contribution in [0.3, 0.4) is 0 Å². The fourth-order valence-electron chi connectivity index (χ4n) is 3.74. The largest absolute Gasteiger partial charge is 0.454 e. The molecule has 1 N–H and O–H groups in total. The van der Waals surface area contributed by atoms with Crippen LogP contribution in [0.1, 0.15) is 26.3 Å². The Bertz CT molecular complexity index is 1210. The average Bonchev–Trinajstić information content (AvgIpc) is 3.11. The van der Waals surface area contributed by atoms with E-state index in [1.54, 1.807) is 60.7 Å². The Hall–Kier alpha value is -3.91. The van der Waals surface area contributed by atoms with Gasteiger partial charge in [0, 0.05) is 17.0 Å². The Kier molecular flexibility index (Phi) is 7.08. The highest BCUT2D eigenvalue weighted by Gasteiger charge is 2.43. The van der Waals surface area contributed by atoms with Gasteiger partial charge in [-0.1, -0.05) is 48.5 Å². The molecule has 7 nitrogen and oxygen atoms in total. The monoisotopic (exact) mass is 474 g/mol. The van der Waals surface area contributed by atoms with Crippen LogP contribution in [-0.2, 0) is 20.7 Å². The number of hydrogen-bond donors (Lipinski definition) is 1. The van der Waals surface area contributed by atoms with Gasteiger partial charge in [0.25, 0.3) is 17.7 Å². The van der Waals surface area contributed by atoms with E-state index in [1.165, 1.54) is 11.8 Å². The molecular formula is C26H22N2O5S. The summed E-state index contributed by atoms with van der Waals surface area (Å²) in [5, 5.41) is 2.68. The number of benzene rings is 3. The number of nitrogens with one attached hydrogen (secondary N) is 1. The van der Waals surface area contributed by atoms with Crippen LogP contribution in [-0.4, -0.2) is 47.5 Å². The highest BCUT2D eigenvalue weighted by molar-refractivity contribution is 7.98. The SMILES string of the molecule is CSc1cccc(NC(=O)COC(=O)[C@@H](Cc2ccccc2)N2C(=O)c3ccccc3C2=O)c1. The number of esters is 1. The molecule has 8 heteroatoms. The second-order valence-corrected chi connectivity index (χ2v) is 8.50. The van der Waals surface area contributed by atoms with Crippen molar-refractivity contribution in [2.45, 2.75) is 17.4 Å². The Morgan fingerprint density at radius 1 is 0.912 bits per heavy atom. The number of carbonyl (C=O) groups excluding carboxylic acids is 4. The van der Waals surface area contributed by atoms with Crippen molar-refractivity contribution in [3.63, 3.8) is 0 Å². The van der Waals surface area contributed by atoms with Gasteiger partial charge in [0.2, 0.25) is 0 Å². The fourth-order valence-corrected chi connectivity index (χ4v) is 4.20. The molecule has 0 saturated heterocycles. The standard InChI is InChI=1S/C26H22N2O5S/c1-34-19-11-7-10-18(15-19)27-23(29)16-33-26(32)22(14-17-8-3-2-4-9-17)28-24(30)20-12-5-6-13-21(20)25(28)31/h2-13,15,22H,14,16H2,1H3,(H,27,29)/t22-/m1/s1. The van der Waals surface area contributed by atoms with E-state index < -0.39 is 36.3 Å². The topological polar surface area (TPSA) is 92.8 Å². The molecule has 1 aliphatic rings. The summed E-state index contributed by atoms with van der Waals surface area (Å²) in [6.45, 7) is -0.545. The molecule has 1 aliphatic heterocycles. The second-order valence-electron chi connectivity index (χ2n) is 7.62. The first kappa shape index (κ1) is 23.3. The molecule has 1 atom stereocenters. The van der Waals surface area contributed by atoms with Crippen molar-refractivity contribution in [1.29, 1.82) is 0 Å². The molecule has 3 aromatic rings. The van der Waals surface area contributed by atoms with E-state index in [2.05, 4.69) is 5.32 Å². The molecule has 0 bridgehead atoms. The lowest BCUT2D eigenvalue weighted by atomic mass is 10.0. The lowest BCUT2D eigenvalue weighted by Gasteiger charge is -2.24. The van der Waals surface area contributed by atoms with Gasteiger partial charge in [-0.15, -0.1) is 11.8 Å². The highest BCUT2D eigenvalue weighted by Crippen LogP contribution is 2.26. The summed E-state index contributed by atoms with van der Waals surface area (Å²) in [7, 11) is 0. The van der Waals surface area contributed by atoms with Gasteiger partial charge in [-0.05, 0) is 42.2 Å². The summed E-state index contributed by atoms with van der Waals surface area (Å²) >= 11 is 1.54. The van der Waals surface area contributed by atoms with Gasteiger partial charge in [0.15, 0.2) is 6.61 Å². The molecule has 0 fully saturated rings. The van der Waals surface area contributed by atoms with Crippen LogP contribution in [0.15, 0.2) is 83.8 Å². The van der Waals surface area contributed by atoms with Crippen molar-refractivity contribution in [3.05, 3.63) is 95.6 Å². The minimum absolute atomic E-state index is 0.0720. The number of imide groups is 1. The number of anilines is 1. The van der Waals surface area contributed by atoms with Gasteiger partial charge < -0.3 is 10.1 Å². The molecule has 34 heavy (non-hydrogen) atoms. The average molecular weight is 475 g/mol. The Balaban J connectivity index is 1.50. The highest BCUT2D eigenvalue weighted by atomic mass is 32.2. The third kappa shape index (κ3) is 5.02. The van der Waals surface area contributed by atoms with Crippen LogP contribution in [0.5, 0.6) is 0 Å². The number of thioether (sulfide) groups is 1. The van der Waals surface area contributed by atoms with E-state index in [4.69, 9.17) is 4.74 Å². The van der Waals surface area contributed by atoms with Crippen LogP contribution >= 0.6 is 11.8 Å². The summed E-state index contributed by atoms with van der Waals surface area (Å²) < 4.78 is 5.27. The van der Waals surface area contributed by atoms with E-state index in [1.807, 2.05) is 24.5 Å². The van der Waals surface area contributed by atoms with Crippen molar-refractivity contribution in [1.82, 2.24) is 4.90 Å². The molecule has 0 unspecified atom stereocenters. The quantitative estimate of drug-likeness (QED) is 0.303. The Morgan fingerprint density at radius 2 is 1.56 bits per heavy atom. The first-order valence-corrected chi connectivity index (χ1v) is 11.8. The normalized spacial score (nSPS) is 13.4. The third-order valence-corrected chi connectivity index (χ3v) is 6.11. The lowest BCUT2D eigenvalue weighted by Crippen LogP contribution is -2.47. The molecule has 172 valence electrons. The van der Waals surface area contributed by atoms with E-state index in [0.29, 0.717) is 5.69 Å². The molecule has 4 rings (SSSR count). The predicted molar refractivity (Wildman–Crippen MR) is 129 cm³/mol. The maximum absolute atomic E-state index is 13.1. The number of ether oxygens (including phenoxy) is 1. The second kappa shape index (κ2) is 10.4. The van der Waals surface area contributed by atoms with Crippen LogP contribution in [0.4, 0.5) is 5.69 Å². The molecule has 0 radical (unpaired) electrons. The van der Waals surface area contributed by atoms with Gasteiger partial charge in [0.1, 0.15) is 6.04 Å². The number of amides is 3. The van der Waals surface area contributed by atoms with Crippen LogP contribution < -0.4 is 5.32 Å². The zero-order valence-electron chi connectivity index (χ0n) is 18.4. The molecule has 3 aromatic carbocycles. The first-order chi connectivity index (χ1) is 16.5. The van der Waals surface area contributed by atoms with E-state index in [0.717, 1.165) is 15.4 Å². The maximum atomic E-state index is 13.1. The number of hydrogen-bond acceptors (Lipinski definition) is 6. The van der Waals surface area contributed by atoms with Gasteiger partial charge in [-0.3, -0.25) is 19.3 Å². The van der Waals surface area contributed by atoms with Crippen molar-refractivity contribution < 1.29 is 23.9 Å². The summed E-state index contributed by atoms with van der Waals surface area (Å²) in [4.78, 5) is 53.4. The van der Waals surface area contributed by atoms with Crippen LogP contribution in [0.2, 0.25) is 0 Å². The fraction of sp³-hybridized carbons (Fsp3) is 0.154. The minimum atomic E-state index is -1.21. The predicted octanol–water partition coefficient (Wildman–Crippen LogP) is 3.80. The summed E-state index contributed by atoms with van der Waals surface area (Å²) in [5.41, 5.74) is 1.81. The molecular weight excluding hydrogens is 452 g/mol. The zero-order chi connectivity index (χ0) is 24.1. The Morgan fingerprint density at radius 3 is 2.21 bits per heavy atom. The first-order valence-electron chi connectivity index (χ1n) is 10.6. The maximum Gasteiger partial charge on any atom is 0.330 e. The van der Waals surface area contributed by atoms with Gasteiger partial charge >= 0.3 is 5.97 Å². The molecule has 1 heterocycles. The molecule has 0 spiro atoms. The minimum Gasteiger partial charge on any atom is -0.454 e. The van der Waals surface area contributed by atoms with Crippen molar-refractivity contribution in [2.75, 3.05) is 18.2 Å². The lowest BCUT2D eigenvalue weighted by molar-refractivity contribution is -0.151. The number of carbonyl (C=O) groups is 4. The summed E-state index contributed by atoms with van der Waals surface area (Å²) in [6.07, 6.45) is 2.00. The third-order valence-electron chi connectivity index (χ3n) is 5.38. The van der Waals surface area contributed by atoms with Gasteiger partial charge in [0.05, 0.1) is 11.1 Å². The van der Waals surface area contributed by atoms with Crippen molar-refractivity contribution in [2.24, 2.45) is 0 Å². The molecule has 0 saturated carbocycles. The van der Waals surface area contributed by atoms with E-state index in [9.17, 15) is 19.2 Å². The number of nitrogens with zero attached hydrogens (tertiary/aromatic N) is 1. The number of fused-ring (bicyclic) bond motifs is 1. The Labute approximate surface area is 201 Å². The summed E-state index contributed by atoms with van der Waals surface area (Å²) in [6, 6.07) is 21.5.